The number of carbonyl (C=O) groups excluding carboxylic acids is 1. The van der Waals surface area contributed by atoms with Crippen LogP contribution in [0.15, 0.2) is 24.5 Å². The van der Waals surface area contributed by atoms with Gasteiger partial charge in [-0.25, -0.2) is 0 Å². The molecule has 0 spiro atoms. The fourth-order valence-electron chi connectivity index (χ4n) is 4.58. The Labute approximate surface area is 174 Å². The lowest BCUT2D eigenvalue weighted by Crippen LogP contribution is -2.14. The van der Waals surface area contributed by atoms with Crippen molar-refractivity contribution >= 4 is 33.5 Å². The summed E-state index contributed by atoms with van der Waals surface area (Å²) in [5.41, 5.74) is 18.9. The smallest absolute Gasteiger partial charge is 0.253 e. The van der Waals surface area contributed by atoms with Crippen molar-refractivity contribution in [3.8, 4) is 5.69 Å². The van der Waals surface area contributed by atoms with Crippen molar-refractivity contribution in [2.45, 2.75) is 46.0 Å². The van der Waals surface area contributed by atoms with Crippen LogP contribution in [-0.2, 0) is 6.42 Å². The van der Waals surface area contributed by atoms with E-state index >= 15 is 0 Å². The van der Waals surface area contributed by atoms with Gasteiger partial charge in [0.05, 0.1) is 28.5 Å². The van der Waals surface area contributed by atoms with E-state index in [2.05, 4.69) is 24.0 Å². The Morgan fingerprint density at radius 1 is 1.27 bits per heavy atom. The van der Waals surface area contributed by atoms with E-state index in [0.29, 0.717) is 23.2 Å². The molecule has 1 aliphatic carbocycles. The lowest BCUT2D eigenvalue weighted by Gasteiger charge is -2.18. The molecule has 1 amide bonds. The predicted octanol–water partition coefficient (Wildman–Crippen LogP) is 3.97. The highest BCUT2D eigenvalue weighted by molar-refractivity contribution is 6.13. The van der Waals surface area contributed by atoms with Crippen molar-refractivity contribution < 1.29 is 4.79 Å². The fourth-order valence-corrected chi connectivity index (χ4v) is 4.58. The average molecular weight is 403 g/mol. The second-order valence-corrected chi connectivity index (χ2v) is 8.78. The third-order valence-corrected chi connectivity index (χ3v) is 6.02. The second-order valence-electron chi connectivity index (χ2n) is 8.78. The van der Waals surface area contributed by atoms with Crippen molar-refractivity contribution in [2.24, 2.45) is 11.7 Å². The molecule has 1 aromatic carbocycles. The summed E-state index contributed by atoms with van der Waals surface area (Å²) in [7, 11) is 0. The average Bonchev–Trinajstić information content (AvgIpc) is 3.33. The molecular weight excluding hydrogens is 376 g/mol. The van der Waals surface area contributed by atoms with Gasteiger partial charge in [-0.05, 0) is 49.3 Å². The number of nitrogen functional groups attached to an aromatic ring is 1. The number of primary amides is 1. The number of benzene rings is 1. The number of hydrogen-bond donors (Lipinski definition) is 3. The van der Waals surface area contributed by atoms with Crippen molar-refractivity contribution in [3.63, 3.8) is 0 Å². The van der Waals surface area contributed by atoms with Crippen LogP contribution in [0.3, 0.4) is 0 Å². The number of H-pyrrole nitrogens is 1. The van der Waals surface area contributed by atoms with Crippen molar-refractivity contribution in [3.05, 3.63) is 46.9 Å². The second kappa shape index (κ2) is 6.58. The highest BCUT2D eigenvalue weighted by Gasteiger charge is 2.32. The van der Waals surface area contributed by atoms with E-state index in [1.54, 1.807) is 12.4 Å². The Balaban J connectivity index is 1.97. The van der Waals surface area contributed by atoms with Gasteiger partial charge in [-0.1, -0.05) is 19.9 Å². The minimum atomic E-state index is -0.537. The number of pyridine rings is 1. The Kier molecular flexibility index (Phi) is 4.10. The molecule has 0 radical (unpaired) electrons. The topological polar surface area (TPSA) is 116 Å². The van der Waals surface area contributed by atoms with E-state index in [-0.39, 0.29) is 0 Å². The number of fused-ring (bicyclic) bond motifs is 2. The molecule has 0 atom stereocenters. The number of anilines is 1. The molecular formula is C23H26N6O. The number of aromatic nitrogens is 4. The van der Waals surface area contributed by atoms with E-state index in [1.165, 1.54) is 5.56 Å². The first-order valence-electron chi connectivity index (χ1n) is 10.4. The van der Waals surface area contributed by atoms with E-state index in [1.807, 2.05) is 23.6 Å². The van der Waals surface area contributed by atoms with Crippen LogP contribution in [0.25, 0.3) is 27.5 Å². The number of hydrogen-bond acceptors (Lipinski definition) is 4. The van der Waals surface area contributed by atoms with Gasteiger partial charge in [0.15, 0.2) is 0 Å². The Bertz CT molecular complexity index is 1310. The third kappa shape index (κ3) is 2.69. The van der Waals surface area contributed by atoms with E-state index in [9.17, 15) is 4.79 Å². The molecule has 3 heterocycles. The number of rotatable bonds is 5. The third-order valence-electron chi connectivity index (χ3n) is 6.02. The first-order valence-corrected chi connectivity index (χ1v) is 10.4. The standard InChI is InChI=1S/C23H26N6O/c1-11(2)8-14-19(13-5-6-13)26-9-16-18(23(25)30)22(24)29(21(14)16)20-12(3)4-7-17-15(20)10-27-28-17/h4,7,9-11,13H,5-6,8,24H2,1-3H3,(H2,25,30)(H,27,28). The minimum absolute atomic E-state index is 0.338. The molecule has 3 aromatic heterocycles. The van der Waals surface area contributed by atoms with Crippen LogP contribution in [-0.4, -0.2) is 25.7 Å². The monoisotopic (exact) mass is 402 g/mol. The van der Waals surface area contributed by atoms with Gasteiger partial charge in [-0.2, -0.15) is 5.10 Å². The number of aromatic amines is 1. The SMILES string of the molecule is Cc1ccc2[nH]ncc2c1-n1c(N)c(C(N)=O)c2cnc(C3CC3)c(CC(C)C)c21. The maximum absolute atomic E-state index is 12.4. The molecule has 0 unspecified atom stereocenters. The molecule has 5 rings (SSSR count). The number of aryl methyl sites for hydroxylation is 1. The molecule has 1 saturated carbocycles. The van der Waals surface area contributed by atoms with Gasteiger partial charge in [0, 0.05) is 28.6 Å². The molecule has 0 bridgehead atoms. The van der Waals surface area contributed by atoms with Gasteiger partial charge < -0.3 is 11.5 Å². The zero-order valence-corrected chi connectivity index (χ0v) is 17.5. The summed E-state index contributed by atoms with van der Waals surface area (Å²) in [4.78, 5) is 17.2. The lowest BCUT2D eigenvalue weighted by molar-refractivity contribution is 0.100. The quantitative estimate of drug-likeness (QED) is 0.468. The summed E-state index contributed by atoms with van der Waals surface area (Å²) >= 11 is 0. The molecule has 154 valence electrons. The van der Waals surface area contributed by atoms with E-state index in [4.69, 9.17) is 16.5 Å². The van der Waals surface area contributed by atoms with Crippen LogP contribution in [0.2, 0.25) is 0 Å². The summed E-state index contributed by atoms with van der Waals surface area (Å²) < 4.78 is 2.01. The molecule has 5 N–H and O–H groups in total. The molecule has 0 aliphatic heterocycles. The zero-order valence-electron chi connectivity index (χ0n) is 17.5. The molecule has 1 aliphatic rings. The lowest BCUT2D eigenvalue weighted by atomic mass is 9.96. The summed E-state index contributed by atoms with van der Waals surface area (Å²) in [5, 5.41) is 8.93. The van der Waals surface area contributed by atoms with Gasteiger partial charge in [0.2, 0.25) is 0 Å². The van der Waals surface area contributed by atoms with Gasteiger partial charge in [0.25, 0.3) is 5.91 Å². The molecule has 1 fully saturated rings. The van der Waals surface area contributed by atoms with Crippen LogP contribution in [0, 0.1) is 12.8 Å². The number of nitrogens with one attached hydrogen (secondary N) is 1. The van der Waals surface area contributed by atoms with Crippen molar-refractivity contribution in [1.29, 1.82) is 0 Å². The highest BCUT2D eigenvalue weighted by atomic mass is 16.1. The van der Waals surface area contributed by atoms with Crippen LogP contribution < -0.4 is 11.5 Å². The summed E-state index contributed by atoms with van der Waals surface area (Å²) in [6.07, 6.45) is 6.75. The van der Waals surface area contributed by atoms with Gasteiger partial charge in [-0.15, -0.1) is 0 Å². The number of nitrogens with zero attached hydrogens (tertiary/aromatic N) is 3. The molecule has 30 heavy (non-hydrogen) atoms. The summed E-state index contributed by atoms with van der Waals surface area (Å²) in [6, 6.07) is 4.04. The summed E-state index contributed by atoms with van der Waals surface area (Å²) in [5.74, 6) is 0.733. The first-order chi connectivity index (χ1) is 14.4. The van der Waals surface area contributed by atoms with Crippen LogP contribution >= 0.6 is 0 Å². The van der Waals surface area contributed by atoms with Crippen molar-refractivity contribution in [1.82, 2.24) is 19.7 Å². The van der Waals surface area contributed by atoms with Crippen molar-refractivity contribution in [2.75, 3.05) is 5.73 Å². The van der Waals surface area contributed by atoms with E-state index in [0.717, 1.165) is 58.0 Å². The van der Waals surface area contributed by atoms with Gasteiger partial charge in [0.1, 0.15) is 5.82 Å². The summed E-state index contributed by atoms with van der Waals surface area (Å²) in [6.45, 7) is 6.44. The predicted molar refractivity (Wildman–Crippen MR) is 119 cm³/mol. The van der Waals surface area contributed by atoms with Gasteiger partial charge in [-0.3, -0.25) is 19.4 Å². The maximum atomic E-state index is 12.4. The number of nitrogens with two attached hydrogens (primary N) is 2. The highest BCUT2D eigenvalue weighted by Crippen LogP contribution is 2.45. The fraction of sp³-hybridized carbons (Fsp3) is 0.348. The maximum Gasteiger partial charge on any atom is 0.253 e. The minimum Gasteiger partial charge on any atom is -0.384 e. The number of amides is 1. The van der Waals surface area contributed by atoms with Gasteiger partial charge >= 0.3 is 0 Å². The molecule has 7 heteroatoms. The van der Waals surface area contributed by atoms with Crippen LogP contribution in [0.5, 0.6) is 0 Å². The first kappa shape index (κ1) is 18.7. The zero-order chi connectivity index (χ0) is 21.2. The van der Waals surface area contributed by atoms with E-state index < -0.39 is 5.91 Å². The molecule has 0 saturated heterocycles. The number of carbonyl (C=O) groups is 1. The Hall–Kier alpha value is -3.35. The Morgan fingerprint density at radius 2 is 2.03 bits per heavy atom. The molecule has 7 nitrogen and oxygen atoms in total. The normalized spacial score (nSPS) is 14.3. The van der Waals surface area contributed by atoms with Crippen LogP contribution in [0.4, 0.5) is 5.82 Å². The molecule has 4 aromatic rings. The largest absolute Gasteiger partial charge is 0.384 e. The Morgan fingerprint density at radius 3 is 2.70 bits per heavy atom. The van der Waals surface area contributed by atoms with Crippen LogP contribution in [0.1, 0.15) is 59.8 Å².